The van der Waals surface area contributed by atoms with Crippen LogP contribution in [0.2, 0.25) is 0 Å². The monoisotopic (exact) mass is 260 g/mol. The van der Waals surface area contributed by atoms with Crippen molar-refractivity contribution >= 4 is 21.7 Å². The maximum atomic E-state index is 12.1. The standard InChI is InChI=1S/C11H16O5S/c1-9(2)10(3)4-5-11(9,6-17(14,15)16)8(13)7(10)12/h4-6H2,1-3H3,(H,14,15,16). The molecule has 2 unspecified atom stereocenters. The molecule has 2 atom stereocenters. The first kappa shape index (κ1) is 12.7. The fraction of sp³-hybridized carbons (Fsp3) is 0.818. The molecule has 0 radical (unpaired) electrons. The van der Waals surface area contributed by atoms with E-state index in [1.165, 1.54) is 0 Å². The van der Waals surface area contributed by atoms with Gasteiger partial charge in [-0.25, -0.2) is 0 Å². The number of Topliss-reactive ketones (excluding diaryl/α,β-unsaturated/α-hetero) is 2. The molecule has 0 aromatic rings. The molecule has 96 valence electrons. The summed E-state index contributed by atoms with van der Waals surface area (Å²) in [5.74, 6) is -1.76. The minimum absolute atomic E-state index is 0.348. The maximum Gasteiger partial charge on any atom is 0.265 e. The first-order chi connectivity index (χ1) is 7.48. The quantitative estimate of drug-likeness (QED) is 0.587. The molecule has 2 rings (SSSR count). The third-order valence-corrected chi connectivity index (χ3v) is 6.06. The van der Waals surface area contributed by atoms with Gasteiger partial charge in [-0.2, -0.15) is 8.42 Å². The van der Waals surface area contributed by atoms with Crippen LogP contribution in [0.5, 0.6) is 0 Å². The second kappa shape index (κ2) is 2.98. The lowest BCUT2D eigenvalue weighted by Gasteiger charge is -2.37. The van der Waals surface area contributed by atoms with E-state index >= 15 is 0 Å². The number of carbonyl (C=O) groups is 2. The predicted octanol–water partition coefficient (Wildman–Crippen LogP) is 0.839. The lowest BCUT2D eigenvalue weighted by molar-refractivity contribution is -0.142. The van der Waals surface area contributed by atoms with Gasteiger partial charge in [-0.1, -0.05) is 20.8 Å². The van der Waals surface area contributed by atoms with Crippen molar-refractivity contribution in [3.63, 3.8) is 0 Å². The van der Waals surface area contributed by atoms with E-state index in [1.807, 2.05) is 0 Å². The first-order valence-electron chi connectivity index (χ1n) is 5.52. The van der Waals surface area contributed by atoms with Crippen LogP contribution in [-0.4, -0.2) is 30.3 Å². The van der Waals surface area contributed by atoms with Crippen LogP contribution in [0.25, 0.3) is 0 Å². The average molecular weight is 260 g/mol. The van der Waals surface area contributed by atoms with Gasteiger partial charge in [0, 0.05) is 5.41 Å². The van der Waals surface area contributed by atoms with Crippen molar-refractivity contribution < 1.29 is 22.6 Å². The van der Waals surface area contributed by atoms with Crippen LogP contribution in [0, 0.1) is 16.2 Å². The van der Waals surface area contributed by atoms with E-state index in [1.54, 1.807) is 20.8 Å². The van der Waals surface area contributed by atoms with Crippen molar-refractivity contribution in [2.45, 2.75) is 33.6 Å². The van der Waals surface area contributed by atoms with Crippen LogP contribution in [0.15, 0.2) is 0 Å². The van der Waals surface area contributed by atoms with Crippen molar-refractivity contribution in [3.05, 3.63) is 0 Å². The number of fused-ring (bicyclic) bond motifs is 2. The summed E-state index contributed by atoms with van der Waals surface area (Å²) in [6.07, 6.45) is 0.848. The van der Waals surface area contributed by atoms with Crippen molar-refractivity contribution in [1.82, 2.24) is 0 Å². The summed E-state index contributed by atoms with van der Waals surface area (Å²) in [6.45, 7) is 5.20. The molecule has 2 aliphatic carbocycles. The highest BCUT2D eigenvalue weighted by Gasteiger charge is 2.75. The number of carbonyl (C=O) groups excluding carboxylic acids is 2. The zero-order chi connectivity index (χ0) is 13.3. The number of ketones is 2. The molecule has 0 heterocycles. The number of hydrogen-bond acceptors (Lipinski definition) is 4. The van der Waals surface area contributed by atoms with E-state index in [0.29, 0.717) is 12.8 Å². The number of rotatable bonds is 2. The summed E-state index contributed by atoms with van der Waals surface area (Å²) in [5, 5.41) is 0. The summed E-state index contributed by atoms with van der Waals surface area (Å²) in [4.78, 5) is 24.0. The molecule has 1 N–H and O–H groups in total. The summed E-state index contributed by atoms with van der Waals surface area (Å²) in [5.41, 5.74) is -2.77. The van der Waals surface area contributed by atoms with Gasteiger partial charge >= 0.3 is 0 Å². The predicted molar refractivity (Wildman–Crippen MR) is 60.0 cm³/mol. The summed E-state index contributed by atoms with van der Waals surface area (Å²) < 4.78 is 31.2. The van der Waals surface area contributed by atoms with Crippen LogP contribution in [-0.2, 0) is 19.7 Å². The van der Waals surface area contributed by atoms with E-state index in [2.05, 4.69) is 0 Å². The fourth-order valence-corrected chi connectivity index (χ4v) is 4.77. The van der Waals surface area contributed by atoms with Gasteiger partial charge in [-0.05, 0) is 18.3 Å². The summed E-state index contributed by atoms with van der Waals surface area (Å²) >= 11 is 0. The Morgan fingerprint density at radius 3 is 2.00 bits per heavy atom. The van der Waals surface area contributed by atoms with E-state index < -0.39 is 43.7 Å². The van der Waals surface area contributed by atoms with Crippen molar-refractivity contribution in [1.29, 1.82) is 0 Å². The van der Waals surface area contributed by atoms with Gasteiger partial charge in [0.05, 0.1) is 11.2 Å². The molecule has 0 aliphatic heterocycles. The van der Waals surface area contributed by atoms with Gasteiger partial charge in [-0.15, -0.1) is 0 Å². The Morgan fingerprint density at radius 2 is 1.65 bits per heavy atom. The SMILES string of the molecule is CC12CCC(CS(=O)(=O)O)(C(=O)C1=O)C2(C)C. The second-order valence-electron chi connectivity index (χ2n) is 5.92. The Bertz CT molecular complexity index is 518. The summed E-state index contributed by atoms with van der Waals surface area (Å²) in [6, 6.07) is 0. The fourth-order valence-electron chi connectivity index (χ4n) is 3.51. The molecule has 17 heavy (non-hydrogen) atoms. The molecular formula is C11H16O5S. The molecule has 2 saturated carbocycles. The van der Waals surface area contributed by atoms with E-state index in [9.17, 15) is 18.0 Å². The highest BCUT2D eigenvalue weighted by atomic mass is 32.2. The molecule has 0 aromatic carbocycles. The highest BCUT2D eigenvalue weighted by molar-refractivity contribution is 7.85. The van der Waals surface area contributed by atoms with Gasteiger partial charge < -0.3 is 0 Å². The summed E-state index contributed by atoms with van der Waals surface area (Å²) in [7, 11) is -4.28. The molecule has 5 nitrogen and oxygen atoms in total. The Hall–Kier alpha value is -0.750. The molecule has 2 aliphatic rings. The molecule has 2 bridgehead atoms. The first-order valence-corrected chi connectivity index (χ1v) is 7.13. The smallest absolute Gasteiger partial charge is 0.265 e. The zero-order valence-corrected chi connectivity index (χ0v) is 10.9. The Morgan fingerprint density at radius 1 is 1.12 bits per heavy atom. The number of hydrogen-bond donors (Lipinski definition) is 1. The molecule has 0 spiro atoms. The van der Waals surface area contributed by atoms with Crippen molar-refractivity contribution in [3.8, 4) is 0 Å². The Labute approximate surface area is 100 Å². The highest BCUT2D eigenvalue weighted by Crippen LogP contribution is 2.69. The normalized spacial score (nSPS) is 40.0. The Balaban J connectivity index is 2.62. The van der Waals surface area contributed by atoms with E-state index in [-0.39, 0.29) is 0 Å². The molecular weight excluding hydrogens is 244 g/mol. The third kappa shape index (κ3) is 1.25. The van der Waals surface area contributed by atoms with Gasteiger partial charge in [0.1, 0.15) is 0 Å². The van der Waals surface area contributed by atoms with Crippen molar-refractivity contribution in [2.24, 2.45) is 16.2 Å². The molecule has 0 amide bonds. The van der Waals surface area contributed by atoms with Gasteiger partial charge in [0.2, 0.25) is 11.6 Å². The van der Waals surface area contributed by atoms with Gasteiger partial charge in [0.25, 0.3) is 10.1 Å². The molecule has 0 saturated heterocycles. The van der Waals surface area contributed by atoms with Crippen LogP contribution in [0.4, 0.5) is 0 Å². The average Bonchev–Trinajstić information content (AvgIpc) is 2.39. The van der Waals surface area contributed by atoms with E-state index in [4.69, 9.17) is 4.55 Å². The maximum absolute atomic E-state index is 12.1. The Kier molecular flexibility index (Phi) is 2.22. The van der Waals surface area contributed by atoms with Crippen molar-refractivity contribution in [2.75, 3.05) is 5.75 Å². The lowest BCUT2D eigenvalue weighted by Crippen LogP contribution is -2.43. The largest absolute Gasteiger partial charge is 0.290 e. The molecule has 2 fully saturated rings. The van der Waals surface area contributed by atoms with Crippen LogP contribution in [0.3, 0.4) is 0 Å². The third-order valence-electron chi connectivity index (χ3n) is 5.20. The zero-order valence-electron chi connectivity index (χ0n) is 10.1. The minimum Gasteiger partial charge on any atom is -0.290 e. The van der Waals surface area contributed by atoms with Gasteiger partial charge in [0.15, 0.2) is 0 Å². The van der Waals surface area contributed by atoms with Crippen LogP contribution in [0.1, 0.15) is 33.6 Å². The second-order valence-corrected chi connectivity index (χ2v) is 7.38. The topological polar surface area (TPSA) is 88.5 Å². The van der Waals surface area contributed by atoms with Crippen LogP contribution < -0.4 is 0 Å². The minimum atomic E-state index is -4.28. The van der Waals surface area contributed by atoms with E-state index in [0.717, 1.165) is 0 Å². The molecule has 6 heteroatoms. The molecule has 0 aromatic heterocycles. The lowest BCUT2D eigenvalue weighted by atomic mass is 9.66. The van der Waals surface area contributed by atoms with Gasteiger partial charge in [-0.3, -0.25) is 14.1 Å². The van der Waals surface area contributed by atoms with Crippen LogP contribution >= 0.6 is 0 Å².